The van der Waals surface area contributed by atoms with Gasteiger partial charge in [-0.25, -0.2) is 27.2 Å². The number of anilines is 3. The summed E-state index contributed by atoms with van der Waals surface area (Å²) in [4.78, 5) is 36.5. The molecule has 1 saturated heterocycles. The van der Waals surface area contributed by atoms with Crippen molar-refractivity contribution in [3.63, 3.8) is 0 Å². The molecule has 3 heterocycles. The Bertz CT molecular complexity index is 2100. The summed E-state index contributed by atoms with van der Waals surface area (Å²) in [6, 6.07) is 22.5. The number of rotatable bonds is 7. The maximum atomic E-state index is 13.6. The smallest absolute Gasteiger partial charge is 0.410 e. The minimum atomic E-state index is -3.91. The number of halogens is 1. The van der Waals surface area contributed by atoms with Gasteiger partial charge in [-0.15, -0.1) is 0 Å². The molecule has 11 nitrogen and oxygen atoms in total. The Balaban J connectivity index is 1.22. The van der Waals surface area contributed by atoms with Crippen LogP contribution in [0.1, 0.15) is 33.6 Å². The van der Waals surface area contributed by atoms with E-state index in [1.165, 1.54) is 16.4 Å². The number of amides is 2. The van der Waals surface area contributed by atoms with Crippen LogP contribution in [0.15, 0.2) is 96.2 Å². The summed E-state index contributed by atoms with van der Waals surface area (Å²) in [6.45, 7) is 6.27. The van der Waals surface area contributed by atoms with Gasteiger partial charge in [0.15, 0.2) is 0 Å². The number of hydrogen-bond acceptors (Lipinski definition) is 8. The first-order valence-electron chi connectivity index (χ1n) is 15.5. The van der Waals surface area contributed by atoms with Gasteiger partial charge < -0.3 is 20.3 Å². The Labute approximate surface area is 284 Å². The number of carbonyl (C=O) groups excluding carboxylic acids is 2. The van der Waals surface area contributed by atoms with Crippen LogP contribution in [0.25, 0.3) is 22.2 Å². The Morgan fingerprint density at radius 3 is 2.48 bits per heavy atom. The quantitative estimate of drug-likeness (QED) is 0.182. The Morgan fingerprint density at radius 1 is 0.979 bits per heavy atom. The van der Waals surface area contributed by atoms with E-state index < -0.39 is 21.7 Å². The van der Waals surface area contributed by atoms with Crippen LogP contribution in [0.3, 0.4) is 0 Å². The van der Waals surface area contributed by atoms with Crippen molar-refractivity contribution < 1.29 is 22.7 Å². The monoisotopic (exact) mass is 686 g/mol. The topological polar surface area (TPSA) is 136 Å². The fourth-order valence-electron chi connectivity index (χ4n) is 5.59. The lowest BCUT2D eigenvalue weighted by Gasteiger charge is -2.33. The number of nitrogens with one attached hydrogen (secondary N) is 2. The van der Waals surface area contributed by atoms with Gasteiger partial charge in [0.1, 0.15) is 5.60 Å². The second-order valence-electron chi connectivity index (χ2n) is 12.5. The number of hydrogen-bond donors (Lipinski definition) is 2. The van der Waals surface area contributed by atoms with E-state index >= 15 is 0 Å². The summed E-state index contributed by atoms with van der Waals surface area (Å²) in [5.74, 6) is -0.342. The summed E-state index contributed by atoms with van der Waals surface area (Å²) in [5, 5.41) is 7.02. The second-order valence-corrected chi connectivity index (χ2v) is 14.7. The molecule has 1 aliphatic heterocycles. The lowest BCUT2D eigenvalue weighted by atomic mass is 9.97. The van der Waals surface area contributed by atoms with Gasteiger partial charge in [-0.1, -0.05) is 54.1 Å². The van der Waals surface area contributed by atoms with Crippen LogP contribution in [-0.2, 0) is 19.6 Å². The third-order valence-corrected chi connectivity index (χ3v) is 9.77. The third kappa shape index (κ3) is 7.14. The van der Waals surface area contributed by atoms with Gasteiger partial charge in [-0.3, -0.25) is 4.79 Å². The molecule has 2 N–H and O–H groups in total. The van der Waals surface area contributed by atoms with Crippen molar-refractivity contribution in [2.75, 3.05) is 23.7 Å². The van der Waals surface area contributed by atoms with Crippen molar-refractivity contribution in [3.05, 3.63) is 96.3 Å². The highest BCUT2D eigenvalue weighted by atomic mass is 35.5. The Kier molecular flexibility index (Phi) is 9.13. The maximum Gasteiger partial charge on any atom is 0.410 e. The molecule has 6 rings (SSSR count). The average Bonchev–Trinajstić information content (AvgIpc) is 3.46. The zero-order valence-electron chi connectivity index (χ0n) is 26.7. The molecule has 0 bridgehead atoms. The number of nitrogens with zero attached hydrogens (tertiary/aromatic N) is 4. The first kappa shape index (κ1) is 33.0. The van der Waals surface area contributed by atoms with Gasteiger partial charge in [0, 0.05) is 41.6 Å². The standard InChI is InChI=1S/C35H35ClN6O5S/c1-35(2,3)47-34(44)41-18-10-11-23(21-41)32(43)38-24-12-9-13-25(19-24)39-33-37-20-29(36)31(40-33)28-22-42(30-17-8-7-16-27(28)30)48(45,46)26-14-5-4-6-15-26/h4-9,12-17,19-20,22-23H,10-11,18,21H2,1-3H3,(H,38,43)(H,37,39,40)/t23-/m1/s1. The number of fused-ring (bicyclic) bond motifs is 1. The van der Waals surface area contributed by atoms with Gasteiger partial charge in [0.25, 0.3) is 10.0 Å². The predicted octanol–water partition coefficient (Wildman–Crippen LogP) is 7.32. The van der Waals surface area contributed by atoms with Crippen molar-refractivity contribution in [1.29, 1.82) is 0 Å². The zero-order chi connectivity index (χ0) is 34.1. The summed E-state index contributed by atoms with van der Waals surface area (Å²) < 4.78 is 34.0. The molecule has 48 heavy (non-hydrogen) atoms. The van der Waals surface area contributed by atoms with E-state index in [0.717, 1.165) is 0 Å². The summed E-state index contributed by atoms with van der Waals surface area (Å²) in [6.07, 6.45) is 3.92. The fraction of sp³-hybridized carbons (Fsp3) is 0.257. The first-order valence-corrected chi connectivity index (χ1v) is 17.3. The molecule has 2 aromatic heterocycles. The molecule has 5 aromatic rings. The van der Waals surface area contributed by atoms with E-state index in [1.54, 1.807) is 71.6 Å². The highest BCUT2D eigenvalue weighted by Crippen LogP contribution is 2.36. The normalized spacial score (nSPS) is 15.2. The summed E-state index contributed by atoms with van der Waals surface area (Å²) in [5.41, 5.74) is 1.90. The van der Waals surface area contributed by atoms with E-state index in [4.69, 9.17) is 16.3 Å². The van der Waals surface area contributed by atoms with Crippen LogP contribution in [-0.4, -0.2) is 57.9 Å². The number of aromatic nitrogens is 3. The molecule has 0 radical (unpaired) electrons. The summed E-state index contributed by atoms with van der Waals surface area (Å²) in [7, 11) is -3.91. The molecule has 1 atom stereocenters. The van der Waals surface area contributed by atoms with Crippen molar-refractivity contribution in [1.82, 2.24) is 18.8 Å². The molecule has 0 aliphatic carbocycles. The van der Waals surface area contributed by atoms with E-state index in [-0.39, 0.29) is 34.2 Å². The SMILES string of the molecule is CC(C)(C)OC(=O)N1CCC[C@@H](C(=O)Nc2cccc(Nc3ncc(Cl)c(-c4cn(S(=O)(=O)c5ccccc5)c5ccccc45)n3)c2)C1. The maximum absolute atomic E-state index is 13.6. The molecule has 13 heteroatoms. The zero-order valence-corrected chi connectivity index (χ0v) is 28.3. The highest BCUT2D eigenvalue weighted by molar-refractivity contribution is 7.90. The van der Waals surface area contributed by atoms with E-state index in [2.05, 4.69) is 20.6 Å². The molecule has 0 saturated carbocycles. The van der Waals surface area contributed by atoms with Gasteiger partial charge in [0.2, 0.25) is 11.9 Å². The van der Waals surface area contributed by atoms with Crippen molar-refractivity contribution in [3.8, 4) is 11.3 Å². The second kappa shape index (κ2) is 13.3. The van der Waals surface area contributed by atoms with Crippen LogP contribution >= 0.6 is 11.6 Å². The lowest BCUT2D eigenvalue weighted by Crippen LogP contribution is -2.45. The molecule has 1 aliphatic rings. The van der Waals surface area contributed by atoms with Crippen LogP contribution in [0, 0.1) is 5.92 Å². The van der Waals surface area contributed by atoms with Gasteiger partial charge in [0.05, 0.1) is 33.2 Å². The minimum Gasteiger partial charge on any atom is -0.444 e. The Hall–Kier alpha value is -4.94. The largest absolute Gasteiger partial charge is 0.444 e. The predicted molar refractivity (Wildman–Crippen MR) is 186 cm³/mol. The van der Waals surface area contributed by atoms with E-state index in [9.17, 15) is 18.0 Å². The molecule has 1 fully saturated rings. The first-order chi connectivity index (χ1) is 22.9. The van der Waals surface area contributed by atoms with Crippen molar-refractivity contribution >= 4 is 61.9 Å². The number of carbonyl (C=O) groups is 2. The molecular formula is C35H35ClN6O5S. The van der Waals surface area contributed by atoms with Crippen LogP contribution in [0.4, 0.5) is 22.1 Å². The molecule has 0 spiro atoms. The molecule has 2 amide bonds. The third-order valence-electron chi connectivity index (χ3n) is 7.81. The van der Waals surface area contributed by atoms with Crippen LogP contribution < -0.4 is 10.6 Å². The van der Waals surface area contributed by atoms with Gasteiger partial charge in [-0.2, -0.15) is 0 Å². The Morgan fingerprint density at radius 2 is 1.71 bits per heavy atom. The molecule has 3 aromatic carbocycles. The van der Waals surface area contributed by atoms with Crippen LogP contribution in [0.5, 0.6) is 0 Å². The average molecular weight is 687 g/mol. The van der Waals surface area contributed by atoms with Crippen LogP contribution in [0.2, 0.25) is 5.02 Å². The highest BCUT2D eigenvalue weighted by Gasteiger charge is 2.31. The van der Waals surface area contributed by atoms with E-state index in [1.807, 2.05) is 32.9 Å². The molecule has 0 unspecified atom stereocenters. The van der Waals surface area contributed by atoms with E-state index in [0.29, 0.717) is 52.9 Å². The number of benzene rings is 3. The van der Waals surface area contributed by atoms with Gasteiger partial charge in [-0.05, 0) is 70.0 Å². The summed E-state index contributed by atoms with van der Waals surface area (Å²) >= 11 is 6.60. The molecular weight excluding hydrogens is 652 g/mol. The number of ether oxygens (including phenoxy) is 1. The lowest BCUT2D eigenvalue weighted by molar-refractivity contribution is -0.121. The number of para-hydroxylation sites is 1. The number of piperidine rings is 1. The molecule has 248 valence electrons. The van der Waals surface area contributed by atoms with Gasteiger partial charge >= 0.3 is 6.09 Å². The fourth-order valence-corrected chi connectivity index (χ4v) is 7.17. The minimum absolute atomic E-state index is 0.157. The van der Waals surface area contributed by atoms with Crippen molar-refractivity contribution in [2.24, 2.45) is 5.92 Å². The van der Waals surface area contributed by atoms with Crippen molar-refractivity contribution in [2.45, 2.75) is 44.1 Å². The number of likely N-dealkylation sites (tertiary alicyclic amines) is 1.